The van der Waals surface area contributed by atoms with E-state index in [1.165, 1.54) is 12.1 Å². The third kappa shape index (κ3) is 5.39. The summed E-state index contributed by atoms with van der Waals surface area (Å²) in [7, 11) is 1.84. The molecule has 0 aromatic heterocycles. The van der Waals surface area contributed by atoms with Gasteiger partial charge >= 0.3 is 0 Å². The predicted octanol–water partition coefficient (Wildman–Crippen LogP) is 4.04. The normalized spacial score (nSPS) is 12.2. The average molecular weight is 397 g/mol. The molecule has 0 radical (unpaired) electrons. The van der Waals surface area contributed by atoms with Gasteiger partial charge in [0.1, 0.15) is 11.6 Å². The van der Waals surface area contributed by atoms with E-state index in [1.807, 2.05) is 36.2 Å². The van der Waals surface area contributed by atoms with E-state index >= 15 is 0 Å². The Bertz CT molecular complexity index is 707. The smallest absolute Gasteiger partial charge is 0.234 e. The van der Waals surface area contributed by atoms with Gasteiger partial charge in [-0.2, -0.15) is 0 Å². The van der Waals surface area contributed by atoms with Crippen molar-refractivity contribution >= 4 is 21.8 Å². The van der Waals surface area contributed by atoms with Gasteiger partial charge in [-0.25, -0.2) is 8.78 Å². The molecule has 0 spiro atoms. The number of hydrogen-bond donors (Lipinski definition) is 1. The zero-order valence-corrected chi connectivity index (χ0v) is 15.1. The highest BCUT2D eigenvalue weighted by Gasteiger charge is 2.15. The summed E-state index contributed by atoms with van der Waals surface area (Å²) in [6.45, 7) is 2.48. The Morgan fingerprint density at radius 1 is 1.21 bits per heavy atom. The Kier molecular flexibility index (Phi) is 6.45. The standard InChI is InChI=1S/C18H19BrF2N2O/c1-12(16-8-7-15(20)9-17(16)21)22-18(24)11-23(2)10-13-3-5-14(19)6-4-13/h3-9,12H,10-11H2,1-2H3,(H,22,24)/t12-/m0/s1. The number of likely N-dealkylation sites (N-methyl/N-ethyl adjacent to an activating group) is 1. The molecule has 24 heavy (non-hydrogen) atoms. The molecule has 0 aliphatic rings. The topological polar surface area (TPSA) is 32.3 Å². The van der Waals surface area contributed by atoms with Gasteiger partial charge in [0, 0.05) is 22.6 Å². The average Bonchev–Trinajstić information content (AvgIpc) is 2.49. The van der Waals surface area contributed by atoms with Gasteiger partial charge in [0.05, 0.1) is 12.6 Å². The second-order valence-electron chi connectivity index (χ2n) is 5.75. The summed E-state index contributed by atoms with van der Waals surface area (Å²) < 4.78 is 27.7. The molecule has 0 bridgehead atoms. The molecular weight excluding hydrogens is 378 g/mol. The molecule has 128 valence electrons. The van der Waals surface area contributed by atoms with Crippen LogP contribution in [0.4, 0.5) is 8.78 Å². The van der Waals surface area contributed by atoms with Gasteiger partial charge in [-0.05, 0) is 37.7 Å². The van der Waals surface area contributed by atoms with Gasteiger partial charge in [-0.15, -0.1) is 0 Å². The van der Waals surface area contributed by atoms with Crippen LogP contribution in [0.5, 0.6) is 0 Å². The van der Waals surface area contributed by atoms with Crippen molar-refractivity contribution < 1.29 is 13.6 Å². The van der Waals surface area contributed by atoms with E-state index in [0.29, 0.717) is 6.54 Å². The molecule has 0 saturated carbocycles. The van der Waals surface area contributed by atoms with Crippen LogP contribution >= 0.6 is 15.9 Å². The van der Waals surface area contributed by atoms with Crippen molar-refractivity contribution in [1.29, 1.82) is 0 Å². The first-order valence-corrected chi connectivity index (χ1v) is 8.31. The summed E-state index contributed by atoms with van der Waals surface area (Å²) in [4.78, 5) is 14.0. The van der Waals surface area contributed by atoms with Crippen molar-refractivity contribution in [1.82, 2.24) is 10.2 Å². The Morgan fingerprint density at radius 2 is 1.88 bits per heavy atom. The lowest BCUT2D eigenvalue weighted by molar-refractivity contribution is -0.122. The van der Waals surface area contributed by atoms with E-state index in [1.54, 1.807) is 6.92 Å². The minimum Gasteiger partial charge on any atom is -0.348 e. The molecule has 6 heteroatoms. The van der Waals surface area contributed by atoms with Crippen LogP contribution in [0.2, 0.25) is 0 Å². The van der Waals surface area contributed by atoms with Crippen LogP contribution in [0, 0.1) is 11.6 Å². The van der Waals surface area contributed by atoms with E-state index in [-0.39, 0.29) is 18.0 Å². The Labute approximate surface area is 148 Å². The van der Waals surface area contributed by atoms with E-state index < -0.39 is 17.7 Å². The van der Waals surface area contributed by atoms with Crippen molar-refractivity contribution in [2.75, 3.05) is 13.6 Å². The Hall–Kier alpha value is -1.79. The molecule has 0 aliphatic carbocycles. The maximum Gasteiger partial charge on any atom is 0.234 e. The molecule has 0 heterocycles. The summed E-state index contributed by atoms with van der Waals surface area (Å²) in [5.74, 6) is -1.51. The molecule has 1 atom stereocenters. The number of amides is 1. The monoisotopic (exact) mass is 396 g/mol. The van der Waals surface area contributed by atoms with Crippen LogP contribution in [0.3, 0.4) is 0 Å². The van der Waals surface area contributed by atoms with Gasteiger partial charge in [-0.3, -0.25) is 9.69 Å². The Morgan fingerprint density at radius 3 is 2.50 bits per heavy atom. The lowest BCUT2D eigenvalue weighted by Crippen LogP contribution is -2.36. The SMILES string of the molecule is C[C@H](NC(=O)CN(C)Cc1ccc(Br)cc1)c1ccc(F)cc1F. The third-order valence-electron chi connectivity index (χ3n) is 3.59. The molecular formula is C18H19BrF2N2O. The fourth-order valence-electron chi connectivity index (χ4n) is 2.42. The number of hydrogen-bond acceptors (Lipinski definition) is 2. The van der Waals surface area contributed by atoms with Crippen LogP contribution in [0.15, 0.2) is 46.9 Å². The summed E-state index contributed by atoms with van der Waals surface area (Å²) >= 11 is 3.38. The van der Waals surface area contributed by atoms with Crippen molar-refractivity contribution in [2.45, 2.75) is 19.5 Å². The maximum absolute atomic E-state index is 13.7. The van der Waals surface area contributed by atoms with Crippen LogP contribution in [0.1, 0.15) is 24.1 Å². The fourth-order valence-corrected chi connectivity index (χ4v) is 2.68. The number of nitrogens with one attached hydrogen (secondary N) is 1. The van der Waals surface area contributed by atoms with Crippen molar-refractivity contribution in [3.05, 3.63) is 69.7 Å². The van der Waals surface area contributed by atoms with Crippen LogP contribution < -0.4 is 5.32 Å². The number of rotatable bonds is 6. The van der Waals surface area contributed by atoms with E-state index in [2.05, 4.69) is 21.2 Å². The molecule has 0 unspecified atom stereocenters. The molecule has 2 aromatic rings. The minimum absolute atomic E-state index is 0.184. The highest BCUT2D eigenvalue weighted by molar-refractivity contribution is 9.10. The van der Waals surface area contributed by atoms with Crippen molar-refractivity contribution in [3.8, 4) is 0 Å². The molecule has 2 aromatic carbocycles. The molecule has 2 rings (SSSR count). The largest absolute Gasteiger partial charge is 0.348 e. The lowest BCUT2D eigenvalue weighted by Gasteiger charge is -2.19. The Balaban J connectivity index is 1.88. The van der Waals surface area contributed by atoms with Crippen LogP contribution in [0.25, 0.3) is 0 Å². The lowest BCUT2D eigenvalue weighted by atomic mass is 10.1. The quantitative estimate of drug-likeness (QED) is 0.798. The fraction of sp³-hybridized carbons (Fsp3) is 0.278. The van der Waals surface area contributed by atoms with Crippen LogP contribution in [-0.4, -0.2) is 24.4 Å². The molecule has 0 saturated heterocycles. The van der Waals surface area contributed by atoms with Gasteiger partial charge in [0.15, 0.2) is 0 Å². The second kappa shape index (κ2) is 8.35. The first-order chi connectivity index (χ1) is 11.3. The van der Waals surface area contributed by atoms with E-state index in [9.17, 15) is 13.6 Å². The molecule has 1 N–H and O–H groups in total. The number of halogens is 3. The third-order valence-corrected chi connectivity index (χ3v) is 4.11. The van der Waals surface area contributed by atoms with Gasteiger partial charge in [0.25, 0.3) is 0 Å². The molecule has 0 fully saturated rings. The van der Waals surface area contributed by atoms with Gasteiger partial charge in [-0.1, -0.05) is 34.1 Å². The summed E-state index contributed by atoms with van der Waals surface area (Å²) in [5, 5.41) is 2.73. The maximum atomic E-state index is 13.7. The highest BCUT2D eigenvalue weighted by atomic mass is 79.9. The first kappa shape index (κ1) is 18.5. The number of carbonyl (C=O) groups excluding carboxylic acids is 1. The zero-order chi connectivity index (χ0) is 17.7. The van der Waals surface area contributed by atoms with E-state index in [0.717, 1.165) is 16.1 Å². The highest BCUT2D eigenvalue weighted by Crippen LogP contribution is 2.17. The predicted molar refractivity (Wildman–Crippen MR) is 93.4 cm³/mol. The summed E-state index contributed by atoms with van der Waals surface area (Å²) in [6, 6.07) is 10.7. The van der Waals surface area contributed by atoms with Crippen molar-refractivity contribution in [2.24, 2.45) is 0 Å². The van der Waals surface area contributed by atoms with Crippen molar-refractivity contribution in [3.63, 3.8) is 0 Å². The van der Waals surface area contributed by atoms with Gasteiger partial charge in [0.2, 0.25) is 5.91 Å². The summed E-state index contributed by atoms with van der Waals surface area (Å²) in [6.07, 6.45) is 0. The molecule has 1 amide bonds. The first-order valence-electron chi connectivity index (χ1n) is 7.52. The zero-order valence-electron chi connectivity index (χ0n) is 13.5. The number of benzene rings is 2. The van der Waals surface area contributed by atoms with E-state index in [4.69, 9.17) is 0 Å². The van der Waals surface area contributed by atoms with Crippen LogP contribution in [-0.2, 0) is 11.3 Å². The minimum atomic E-state index is -0.661. The molecule has 3 nitrogen and oxygen atoms in total. The number of carbonyl (C=O) groups is 1. The molecule has 0 aliphatic heterocycles. The second-order valence-corrected chi connectivity index (χ2v) is 6.67. The van der Waals surface area contributed by atoms with Gasteiger partial charge < -0.3 is 5.32 Å². The number of nitrogens with zero attached hydrogens (tertiary/aromatic N) is 1. The summed E-state index contributed by atoms with van der Waals surface area (Å²) in [5.41, 5.74) is 1.35.